The minimum absolute atomic E-state index is 0.0393. The maximum Gasteiger partial charge on any atom is 0.315 e. The zero-order valence-electron chi connectivity index (χ0n) is 12.6. The standard InChI is InChI=1S/C14H29N3O2/c1-4-7-8-12(6-3)10-16-14(19)17-11-13(18)15-9-5-2/h12H,4-11H2,1-3H3,(H,15,18)(H2,16,17,19). The van der Waals surface area contributed by atoms with Gasteiger partial charge in [0.1, 0.15) is 0 Å². The lowest BCUT2D eigenvalue weighted by Crippen LogP contribution is -2.43. The predicted molar refractivity (Wildman–Crippen MR) is 78.0 cm³/mol. The van der Waals surface area contributed by atoms with Gasteiger partial charge in [-0.2, -0.15) is 0 Å². The van der Waals surface area contributed by atoms with E-state index in [9.17, 15) is 9.59 Å². The molecular weight excluding hydrogens is 242 g/mol. The van der Waals surface area contributed by atoms with E-state index in [0.717, 1.165) is 19.3 Å². The highest BCUT2D eigenvalue weighted by atomic mass is 16.2. The topological polar surface area (TPSA) is 70.2 Å². The second-order valence-electron chi connectivity index (χ2n) is 4.83. The zero-order valence-corrected chi connectivity index (χ0v) is 12.6. The quantitative estimate of drug-likeness (QED) is 0.569. The summed E-state index contributed by atoms with van der Waals surface area (Å²) in [6.45, 7) is 7.66. The molecule has 0 fully saturated rings. The Labute approximate surface area is 116 Å². The molecular formula is C14H29N3O2. The van der Waals surface area contributed by atoms with E-state index in [-0.39, 0.29) is 18.5 Å². The molecule has 0 aliphatic rings. The maximum atomic E-state index is 11.5. The fourth-order valence-electron chi connectivity index (χ4n) is 1.73. The first kappa shape index (κ1) is 17.7. The van der Waals surface area contributed by atoms with E-state index in [0.29, 0.717) is 19.0 Å². The first-order valence-electron chi connectivity index (χ1n) is 7.42. The Balaban J connectivity index is 3.70. The van der Waals surface area contributed by atoms with Crippen LogP contribution in [0.4, 0.5) is 4.79 Å². The molecule has 3 N–H and O–H groups in total. The van der Waals surface area contributed by atoms with Crippen molar-refractivity contribution in [1.82, 2.24) is 16.0 Å². The first-order valence-corrected chi connectivity index (χ1v) is 7.42. The van der Waals surface area contributed by atoms with Crippen molar-refractivity contribution in [2.75, 3.05) is 19.6 Å². The molecule has 0 saturated carbocycles. The van der Waals surface area contributed by atoms with Crippen LogP contribution in [0.3, 0.4) is 0 Å². The Morgan fingerprint density at radius 1 is 1.00 bits per heavy atom. The van der Waals surface area contributed by atoms with Crippen LogP contribution in [-0.4, -0.2) is 31.6 Å². The van der Waals surface area contributed by atoms with Crippen LogP contribution in [0.15, 0.2) is 0 Å². The number of urea groups is 1. The van der Waals surface area contributed by atoms with Gasteiger partial charge in [-0.05, 0) is 18.8 Å². The molecule has 0 aliphatic heterocycles. The van der Waals surface area contributed by atoms with Crippen molar-refractivity contribution in [1.29, 1.82) is 0 Å². The van der Waals surface area contributed by atoms with E-state index in [4.69, 9.17) is 0 Å². The van der Waals surface area contributed by atoms with Crippen LogP contribution < -0.4 is 16.0 Å². The third-order valence-corrected chi connectivity index (χ3v) is 3.08. The van der Waals surface area contributed by atoms with E-state index in [1.54, 1.807) is 0 Å². The Kier molecular flexibility index (Phi) is 11.0. The molecule has 1 unspecified atom stereocenters. The van der Waals surface area contributed by atoms with Crippen molar-refractivity contribution in [3.8, 4) is 0 Å². The molecule has 0 bridgehead atoms. The lowest BCUT2D eigenvalue weighted by molar-refractivity contribution is -0.120. The van der Waals surface area contributed by atoms with Crippen LogP contribution in [0, 0.1) is 5.92 Å². The molecule has 19 heavy (non-hydrogen) atoms. The summed E-state index contributed by atoms with van der Waals surface area (Å²) in [5.41, 5.74) is 0. The molecule has 0 aromatic rings. The van der Waals surface area contributed by atoms with E-state index in [2.05, 4.69) is 29.8 Å². The zero-order chi connectivity index (χ0) is 14.5. The molecule has 0 heterocycles. The van der Waals surface area contributed by atoms with Crippen molar-refractivity contribution >= 4 is 11.9 Å². The number of unbranched alkanes of at least 4 members (excludes halogenated alkanes) is 1. The summed E-state index contributed by atoms with van der Waals surface area (Å²) < 4.78 is 0. The highest BCUT2D eigenvalue weighted by Gasteiger charge is 2.08. The minimum Gasteiger partial charge on any atom is -0.355 e. The molecule has 0 aromatic heterocycles. The van der Waals surface area contributed by atoms with Crippen molar-refractivity contribution in [3.63, 3.8) is 0 Å². The normalized spacial score (nSPS) is 11.7. The number of nitrogens with one attached hydrogen (secondary N) is 3. The summed E-state index contributed by atoms with van der Waals surface area (Å²) >= 11 is 0. The summed E-state index contributed by atoms with van der Waals surface area (Å²) in [4.78, 5) is 22.8. The summed E-state index contributed by atoms with van der Waals surface area (Å²) in [6, 6.07) is -0.262. The Bertz CT molecular complexity index is 257. The molecule has 0 spiro atoms. The van der Waals surface area contributed by atoms with Gasteiger partial charge in [0.15, 0.2) is 0 Å². The van der Waals surface area contributed by atoms with Crippen LogP contribution in [-0.2, 0) is 4.79 Å². The van der Waals surface area contributed by atoms with Crippen LogP contribution in [0.25, 0.3) is 0 Å². The van der Waals surface area contributed by atoms with E-state index in [1.165, 1.54) is 12.8 Å². The van der Waals surface area contributed by atoms with E-state index < -0.39 is 0 Å². The molecule has 0 radical (unpaired) electrons. The summed E-state index contributed by atoms with van der Waals surface area (Å²) in [6.07, 6.45) is 5.48. The fourth-order valence-corrected chi connectivity index (χ4v) is 1.73. The number of carbonyl (C=O) groups is 2. The van der Waals surface area contributed by atoms with Crippen LogP contribution in [0.1, 0.15) is 52.9 Å². The Morgan fingerprint density at radius 3 is 2.32 bits per heavy atom. The van der Waals surface area contributed by atoms with Crippen molar-refractivity contribution in [2.24, 2.45) is 5.92 Å². The van der Waals surface area contributed by atoms with Gasteiger partial charge in [-0.15, -0.1) is 0 Å². The van der Waals surface area contributed by atoms with Gasteiger partial charge in [-0.1, -0.05) is 40.0 Å². The average molecular weight is 271 g/mol. The maximum absolute atomic E-state index is 11.5. The van der Waals surface area contributed by atoms with Gasteiger partial charge in [0.2, 0.25) is 5.91 Å². The summed E-state index contributed by atoms with van der Waals surface area (Å²) in [5, 5.41) is 8.10. The second-order valence-corrected chi connectivity index (χ2v) is 4.83. The van der Waals surface area contributed by atoms with Gasteiger partial charge >= 0.3 is 6.03 Å². The molecule has 5 nitrogen and oxygen atoms in total. The van der Waals surface area contributed by atoms with Crippen molar-refractivity contribution in [2.45, 2.75) is 52.9 Å². The van der Waals surface area contributed by atoms with Gasteiger partial charge in [-0.25, -0.2) is 4.79 Å². The van der Waals surface area contributed by atoms with Gasteiger partial charge in [0, 0.05) is 13.1 Å². The molecule has 0 aromatic carbocycles. The highest BCUT2D eigenvalue weighted by Crippen LogP contribution is 2.10. The van der Waals surface area contributed by atoms with Crippen LogP contribution in [0.2, 0.25) is 0 Å². The molecule has 5 heteroatoms. The Morgan fingerprint density at radius 2 is 1.74 bits per heavy atom. The number of rotatable bonds is 10. The second kappa shape index (κ2) is 11.8. The average Bonchev–Trinajstić information content (AvgIpc) is 2.43. The number of amides is 3. The van der Waals surface area contributed by atoms with Gasteiger partial charge in [0.05, 0.1) is 6.54 Å². The molecule has 1 atom stereocenters. The molecule has 3 amide bonds. The van der Waals surface area contributed by atoms with E-state index >= 15 is 0 Å². The van der Waals surface area contributed by atoms with E-state index in [1.807, 2.05) is 6.92 Å². The number of carbonyl (C=O) groups excluding carboxylic acids is 2. The van der Waals surface area contributed by atoms with Gasteiger partial charge in [-0.3, -0.25) is 4.79 Å². The lowest BCUT2D eigenvalue weighted by Gasteiger charge is -2.15. The largest absolute Gasteiger partial charge is 0.355 e. The predicted octanol–water partition coefficient (Wildman–Crippen LogP) is 2.03. The van der Waals surface area contributed by atoms with Gasteiger partial charge in [0.25, 0.3) is 0 Å². The van der Waals surface area contributed by atoms with Crippen LogP contribution >= 0.6 is 0 Å². The SMILES string of the molecule is CCCCC(CC)CNC(=O)NCC(=O)NCCC. The molecule has 0 aliphatic carbocycles. The minimum atomic E-state index is -0.262. The van der Waals surface area contributed by atoms with Crippen molar-refractivity contribution in [3.05, 3.63) is 0 Å². The lowest BCUT2D eigenvalue weighted by atomic mass is 9.99. The summed E-state index contributed by atoms with van der Waals surface area (Å²) in [7, 11) is 0. The number of hydrogen-bond acceptors (Lipinski definition) is 2. The Hall–Kier alpha value is -1.26. The van der Waals surface area contributed by atoms with Gasteiger partial charge < -0.3 is 16.0 Å². The monoisotopic (exact) mass is 271 g/mol. The molecule has 112 valence electrons. The third-order valence-electron chi connectivity index (χ3n) is 3.08. The fraction of sp³-hybridized carbons (Fsp3) is 0.857. The number of hydrogen-bond donors (Lipinski definition) is 3. The smallest absolute Gasteiger partial charge is 0.315 e. The highest BCUT2D eigenvalue weighted by molar-refractivity contribution is 5.83. The molecule has 0 rings (SSSR count). The van der Waals surface area contributed by atoms with Crippen molar-refractivity contribution < 1.29 is 9.59 Å². The summed E-state index contributed by atoms with van der Waals surface area (Å²) in [5.74, 6) is 0.384. The third kappa shape index (κ3) is 10.4. The first-order chi connectivity index (χ1) is 9.13. The molecule has 0 saturated heterocycles. The van der Waals surface area contributed by atoms with Crippen LogP contribution in [0.5, 0.6) is 0 Å².